The first-order valence-electron chi connectivity index (χ1n) is 11.8. The van der Waals surface area contributed by atoms with Crippen LogP contribution in [0.5, 0.6) is 0 Å². The van der Waals surface area contributed by atoms with Gasteiger partial charge in [-0.2, -0.15) is 0 Å². The number of hydrogen-bond acceptors (Lipinski definition) is 14. The van der Waals surface area contributed by atoms with Crippen LogP contribution >= 0.6 is 34.4 Å². The van der Waals surface area contributed by atoms with Crippen molar-refractivity contribution in [3.05, 3.63) is 33.7 Å². The molecular formula is C23H27IN4O11S2. The molecule has 0 spiro atoms. The number of sulfonamides is 1. The van der Waals surface area contributed by atoms with Gasteiger partial charge in [0.15, 0.2) is 18.3 Å². The molecule has 41 heavy (non-hydrogen) atoms. The van der Waals surface area contributed by atoms with Crippen molar-refractivity contribution >= 4 is 68.3 Å². The van der Waals surface area contributed by atoms with Crippen LogP contribution in [0.25, 0.3) is 5.69 Å². The molecule has 1 unspecified atom stereocenters. The Morgan fingerprint density at radius 3 is 2.05 bits per heavy atom. The van der Waals surface area contributed by atoms with Gasteiger partial charge in [-0.1, -0.05) is 5.21 Å². The molecule has 2 aromatic rings. The maximum atomic E-state index is 12.0. The lowest BCUT2D eigenvalue weighted by atomic mass is 9.99. The fourth-order valence-corrected chi connectivity index (χ4v) is 6.40. The van der Waals surface area contributed by atoms with Crippen molar-refractivity contribution in [3.8, 4) is 5.69 Å². The minimum absolute atomic E-state index is 0.0594. The quantitative estimate of drug-likeness (QED) is 0.205. The molecule has 0 amide bonds. The van der Waals surface area contributed by atoms with Gasteiger partial charge in [0.25, 0.3) is 0 Å². The van der Waals surface area contributed by atoms with Crippen LogP contribution in [0.15, 0.2) is 29.2 Å². The number of nitrogens with two attached hydrogens (primary N) is 1. The highest BCUT2D eigenvalue weighted by atomic mass is 127. The second-order valence-electron chi connectivity index (χ2n) is 8.66. The number of benzene rings is 1. The highest BCUT2D eigenvalue weighted by molar-refractivity contribution is 14.1. The third-order valence-corrected chi connectivity index (χ3v) is 8.58. The summed E-state index contributed by atoms with van der Waals surface area (Å²) in [4.78, 5) is 47.3. The third kappa shape index (κ3) is 8.84. The zero-order chi connectivity index (χ0) is 30.5. The average molecular weight is 727 g/mol. The Bertz CT molecular complexity index is 1400. The molecule has 2 N–H and O–H groups in total. The number of rotatable bonds is 10. The molecule has 3 rings (SSSR count). The number of carbonyl (C=O) groups is 4. The average Bonchev–Trinajstić information content (AvgIpc) is 3.23. The van der Waals surface area contributed by atoms with Gasteiger partial charge >= 0.3 is 23.9 Å². The molecule has 1 saturated heterocycles. The van der Waals surface area contributed by atoms with Gasteiger partial charge in [-0.05, 0) is 46.9 Å². The van der Waals surface area contributed by atoms with E-state index in [1.54, 1.807) is 0 Å². The molecule has 1 aromatic heterocycles. The molecule has 0 aliphatic carbocycles. The topological polar surface area (TPSA) is 205 Å². The van der Waals surface area contributed by atoms with Crippen LogP contribution in [-0.4, -0.2) is 83.7 Å². The Balaban J connectivity index is 1.89. The van der Waals surface area contributed by atoms with Crippen molar-refractivity contribution in [2.75, 3.05) is 6.61 Å². The van der Waals surface area contributed by atoms with Gasteiger partial charge in [0.1, 0.15) is 27.5 Å². The molecular weight excluding hydrogens is 699 g/mol. The molecule has 1 aromatic carbocycles. The van der Waals surface area contributed by atoms with Crippen LogP contribution in [0.3, 0.4) is 0 Å². The SMILES string of the molecule is CC(=O)OC[C@@H]1OC(SCc2nnn(-c3ccc(S(N)(=O)=O)cc3)c2I)[C@@H](OC(C)=O)[C@H](OC(C)=O)[C@H]1OC(C)=O. The second kappa shape index (κ2) is 13.9. The van der Waals surface area contributed by atoms with E-state index in [0.29, 0.717) is 15.1 Å². The van der Waals surface area contributed by atoms with E-state index in [9.17, 15) is 27.6 Å². The summed E-state index contributed by atoms with van der Waals surface area (Å²) in [6, 6.07) is 5.72. The number of esters is 4. The van der Waals surface area contributed by atoms with Crippen molar-refractivity contribution in [2.24, 2.45) is 5.14 Å². The minimum Gasteiger partial charge on any atom is -0.463 e. The van der Waals surface area contributed by atoms with Gasteiger partial charge in [-0.3, -0.25) is 19.2 Å². The number of hydrogen-bond donors (Lipinski definition) is 1. The number of thioether (sulfide) groups is 1. The number of primary sulfonamides is 1. The maximum absolute atomic E-state index is 12.0. The van der Waals surface area contributed by atoms with Gasteiger partial charge in [0, 0.05) is 33.4 Å². The predicted octanol–water partition coefficient (Wildman–Crippen LogP) is 0.836. The lowest BCUT2D eigenvalue weighted by Crippen LogP contribution is -2.61. The van der Waals surface area contributed by atoms with Crippen molar-refractivity contribution in [2.45, 2.75) is 68.2 Å². The molecule has 1 aliphatic heterocycles. The van der Waals surface area contributed by atoms with Crippen LogP contribution in [0.1, 0.15) is 33.4 Å². The fraction of sp³-hybridized carbons (Fsp3) is 0.478. The molecule has 15 nitrogen and oxygen atoms in total. The molecule has 0 saturated carbocycles. The van der Waals surface area contributed by atoms with E-state index >= 15 is 0 Å². The van der Waals surface area contributed by atoms with Crippen LogP contribution < -0.4 is 5.14 Å². The third-order valence-electron chi connectivity index (χ3n) is 5.42. The molecule has 18 heteroatoms. The number of aromatic nitrogens is 3. The summed E-state index contributed by atoms with van der Waals surface area (Å²) < 4.78 is 52.6. The number of ether oxygens (including phenoxy) is 5. The first-order chi connectivity index (χ1) is 19.2. The van der Waals surface area contributed by atoms with Crippen LogP contribution in [0.4, 0.5) is 0 Å². The van der Waals surface area contributed by atoms with E-state index in [-0.39, 0.29) is 17.3 Å². The van der Waals surface area contributed by atoms with Crippen molar-refractivity contribution in [1.82, 2.24) is 15.0 Å². The standard InChI is InChI=1S/C23H27IN4O11S2/c1-11(29)35-9-18-19(36-12(2)30)20(37-13(3)31)21(38-14(4)32)23(39-18)40-10-17-22(24)28(27-26-17)15-5-7-16(8-6-15)41(25,33)34/h5-8,18-21,23H,9-10H2,1-4H3,(H2,25,33,34)/t18-,19-,20+,21-,23?/m0/s1. The lowest BCUT2D eigenvalue weighted by molar-refractivity contribution is -0.237. The molecule has 0 radical (unpaired) electrons. The summed E-state index contributed by atoms with van der Waals surface area (Å²) in [6.45, 7) is 4.30. The van der Waals surface area contributed by atoms with Crippen LogP contribution in [0.2, 0.25) is 0 Å². The molecule has 5 atom stereocenters. The maximum Gasteiger partial charge on any atom is 0.303 e. The zero-order valence-electron chi connectivity index (χ0n) is 22.2. The lowest BCUT2D eigenvalue weighted by Gasteiger charge is -2.44. The number of halogens is 1. The first-order valence-corrected chi connectivity index (χ1v) is 15.5. The van der Waals surface area contributed by atoms with Gasteiger partial charge in [0.2, 0.25) is 10.0 Å². The van der Waals surface area contributed by atoms with E-state index in [1.807, 2.05) is 22.6 Å². The van der Waals surface area contributed by atoms with E-state index in [1.165, 1.54) is 35.9 Å². The minimum atomic E-state index is -3.87. The molecule has 2 heterocycles. The van der Waals surface area contributed by atoms with E-state index in [0.717, 1.165) is 32.5 Å². The second-order valence-corrected chi connectivity index (χ2v) is 12.3. The summed E-state index contributed by atoms with van der Waals surface area (Å²) in [5.74, 6) is -2.60. The predicted molar refractivity (Wildman–Crippen MR) is 149 cm³/mol. The molecule has 1 fully saturated rings. The zero-order valence-corrected chi connectivity index (χ0v) is 26.0. The normalized spacial score (nSPS) is 22.4. The van der Waals surface area contributed by atoms with Crippen LogP contribution in [-0.2, 0) is 58.6 Å². The molecule has 0 bridgehead atoms. The van der Waals surface area contributed by atoms with Crippen molar-refractivity contribution in [1.29, 1.82) is 0 Å². The molecule has 1 aliphatic rings. The summed E-state index contributed by atoms with van der Waals surface area (Å²) in [5.41, 5.74) is 0.0439. The van der Waals surface area contributed by atoms with Gasteiger partial charge in [0.05, 0.1) is 10.6 Å². The molecule has 224 valence electrons. The van der Waals surface area contributed by atoms with Crippen LogP contribution in [0, 0.1) is 3.70 Å². The Labute approximate surface area is 252 Å². The number of nitrogens with zero attached hydrogens (tertiary/aromatic N) is 3. The van der Waals surface area contributed by atoms with Crippen molar-refractivity contribution < 1.29 is 51.3 Å². The Kier molecular flexibility index (Phi) is 11.1. The highest BCUT2D eigenvalue weighted by Crippen LogP contribution is 2.36. The highest BCUT2D eigenvalue weighted by Gasteiger charge is 2.52. The Hall–Kier alpha value is -2.81. The van der Waals surface area contributed by atoms with E-state index < -0.39 is 63.8 Å². The summed E-state index contributed by atoms with van der Waals surface area (Å²) in [6.07, 6.45) is -4.81. The number of carbonyl (C=O) groups excluding carboxylic acids is 4. The van der Waals surface area contributed by atoms with E-state index in [4.69, 9.17) is 28.8 Å². The Morgan fingerprint density at radius 1 is 0.951 bits per heavy atom. The van der Waals surface area contributed by atoms with E-state index in [2.05, 4.69) is 10.3 Å². The first kappa shape index (κ1) is 32.7. The smallest absolute Gasteiger partial charge is 0.303 e. The summed E-state index contributed by atoms with van der Waals surface area (Å²) in [7, 11) is -3.87. The largest absolute Gasteiger partial charge is 0.463 e. The Morgan fingerprint density at radius 2 is 1.51 bits per heavy atom. The summed E-state index contributed by atoms with van der Waals surface area (Å²) in [5, 5.41) is 13.5. The van der Waals surface area contributed by atoms with Gasteiger partial charge in [-0.15, -0.1) is 16.9 Å². The van der Waals surface area contributed by atoms with Gasteiger partial charge < -0.3 is 23.7 Å². The fourth-order valence-electron chi connectivity index (χ4n) is 3.82. The summed E-state index contributed by atoms with van der Waals surface area (Å²) >= 11 is 3.15. The van der Waals surface area contributed by atoms with Crippen molar-refractivity contribution in [3.63, 3.8) is 0 Å². The monoisotopic (exact) mass is 726 g/mol. The van der Waals surface area contributed by atoms with Gasteiger partial charge in [-0.25, -0.2) is 18.2 Å².